The number of benzene rings is 4. The zero-order valence-electron chi connectivity index (χ0n) is 21.2. The van der Waals surface area contributed by atoms with Crippen LogP contribution in [0.3, 0.4) is 0 Å². The van der Waals surface area contributed by atoms with Gasteiger partial charge in [-0.3, -0.25) is 9.52 Å². The van der Waals surface area contributed by atoms with Crippen LogP contribution >= 0.6 is 11.8 Å². The number of aryl methyl sites for hydroxylation is 1. The van der Waals surface area contributed by atoms with E-state index in [1.54, 1.807) is 54.2 Å². The molecule has 0 saturated heterocycles. The van der Waals surface area contributed by atoms with Crippen LogP contribution in [0.2, 0.25) is 0 Å². The first-order chi connectivity index (χ1) is 18.3. The number of methoxy groups -OCH3 is 2. The Morgan fingerprint density at radius 1 is 0.842 bits per heavy atom. The Labute approximate surface area is 227 Å². The van der Waals surface area contributed by atoms with Crippen molar-refractivity contribution in [1.29, 1.82) is 0 Å². The molecule has 0 fully saturated rings. The molecule has 2 N–H and O–H groups in total. The fraction of sp³-hybridized carbons (Fsp3) is 0.138. The van der Waals surface area contributed by atoms with Crippen LogP contribution in [0.5, 0.6) is 11.5 Å². The van der Waals surface area contributed by atoms with Gasteiger partial charge in [0.25, 0.3) is 15.9 Å². The summed E-state index contributed by atoms with van der Waals surface area (Å²) in [6.07, 6.45) is 0. The summed E-state index contributed by atoms with van der Waals surface area (Å²) in [5, 5.41) is 2.81. The average Bonchev–Trinajstić information content (AvgIpc) is 2.93. The monoisotopic (exact) mass is 548 g/mol. The lowest BCUT2D eigenvalue weighted by molar-refractivity contribution is 0.102. The van der Waals surface area contributed by atoms with Crippen LogP contribution in [-0.4, -0.2) is 28.5 Å². The van der Waals surface area contributed by atoms with Crippen LogP contribution in [0.1, 0.15) is 21.5 Å². The van der Waals surface area contributed by atoms with E-state index >= 15 is 0 Å². The van der Waals surface area contributed by atoms with Crippen molar-refractivity contribution >= 4 is 39.1 Å². The van der Waals surface area contributed by atoms with Gasteiger partial charge in [-0.2, -0.15) is 0 Å². The highest BCUT2D eigenvalue weighted by atomic mass is 32.2. The van der Waals surface area contributed by atoms with Crippen molar-refractivity contribution in [2.45, 2.75) is 22.5 Å². The number of rotatable bonds is 10. The summed E-state index contributed by atoms with van der Waals surface area (Å²) in [6, 6.07) is 26.6. The number of hydrogen-bond acceptors (Lipinski definition) is 6. The summed E-state index contributed by atoms with van der Waals surface area (Å²) in [4.78, 5) is 14.0. The summed E-state index contributed by atoms with van der Waals surface area (Å²) >= 11 is 1.74. The van der Waals surface area contributed by atoms with E-state index < -0.39 is 10.0 Å². The Hall–Kier alpha value is -3.95. The Morgan fingerprint density at radius 2 is 1.53 bits per heavy atom. The lowest BCUT2D eigenvalue weighted by Gasteiger charge is -2.13. The Kier molecular flexibility index (Phi) is 8.60. The minimum absolute atomic E-state index is 0.0452. The van der Waals surface area contributed by atoms with Crippen molar-refractivity contribution in [3.63, 3.8) is 0 Å². The average molecular weight is 549 g/mol. The number of sulfonamides is 1. The van der Waals surface area contributed by atoms with E-state index in [2.05, 4.69) is 41.2 Å². The number of carbonyl (C=O) groups is 1. The van der Waals surface area contributed by atoms with E-state index in [0.717, 1.165) is 11.3 Å². The highest BCUT2D eigenvalue weighted by Crippen LogP contribution is 2.31. The molecule has 4 aromatic carbocycles. The normalized spacial score (nSPS) is 11.0. The molecule has 0 unspecified atom stereocenters. The fourth-order valence-electron chi connectivity index (χ4n) is 3.56. The van der Waals surface area contributed by atoms with E-state index in [1.165, 1.54) is 36.8 Å². The zero-order valence-corrected chi connectivity index (χ0v) is 22.9. The van der Waals surface area contributed by atoms with Crippen LogP contribution < -0.4 is 19.5 Å². The first-order valence-electron chi connectivity index (χ1n) is 11.7. The molecule has 1 amide bonds. The topological polar surface area (TPSA) is 93.7 Å². The van der Waals surface area contributed by atoms with Crippen LogP contribution in [-0.2, 0) is 15.8 Å². The van der Waals surface area contributed by atoms with E-state index in [4.69, 9.17) is 9.47 Å². The lowest BCUT2D eigenvalue weighted by atomic mass is 10.1. The summed E-state index contributed by atoms with van der Waals surface area (Å²) in [6.45, 7) is 2.06. The van der Waals surface area contributed by atoms with Crippen molar-refractivity contribution < 1.29 is 22.7 Å². The fourth-order valence-corrected chi connectivity index (χ4v) is 5.49. The second-order valence-corrected chi connectivity index (χ2v) is 11.2. The van der Waals surface area contributed by atoms with Gasteiger partial charge in [0.2, 0.25) is 0 Å². The van der Waals surface area contributed by atoms with E-state index in [-0.39, 0.29) is 16.5 Å². The maximum atomic E-state index is 12.9. The molecule has 0 atom stereocenters. The molecule has 0 radical (unpaired) electrons. The van der Waals surface area contributed by atoms with Crippen molar-refractivity contribution in [2.24, 2.45) is 0 Å². The second kappa shape index (κ2) is 12.1. The number of nitrogens with one attached hydrogen (secondary N) is 2. The van der Waals surface area contributed by atoms with Crippen LogP contribution in [0.15, 0.2) is 101 Å². The molecule has 0 spiro atoms. The second-order valence-electron chi connectivity index (χ2n) is 8.45. The molecule has 38 heavy (non-hydrogen) atoms. The quantitative estimate of drug-likeness (QED) is 0.224. The minimum atomic E-state index is -3.88. The SMILES string of the molecule is COc1ccc(NS(=O)(=O)c2ccc(NC(=O)c3ccc(CSc4ccc(C)cc4)cc3)cc2)c(OC)c1. The predicted octanol–water partition coefficient (Wildman–Crippen LogP) is 6.36. The van der Waals surface area contributed by atoms with Gasteiger partial charge in [0, 0.05) is 28.0 Å². The molecule has 4 aromatic rings. The predicted molar refractivity (Wildman–Crippen MR) is 152 cm³/mol. The largest absolute Gasteiger partial charge is 0.497 e. The van der Waals surface area contributed by atoms with Gasteiger partial charge in [-0.25, -0.2) is 8.42 Å². The number of carbonyl (C=O) groups excluding carboxylic acids is 1. The first kappa shape index (κ1) is 27.1. The molecule has 9 heteroatoms. The van der Waals surface area contributed by atoms with E-state index in [0.29, 0.717) is 22.7 Å². The van der Waals surface area contributed by atoms with Crippen molar-refractivity contribution in [3.8, 4) is 11.5 Å². The molecule has 0 heterocycles. The molecule has 196 valence electrons. The molecular weight excluding hydrogens is 520 g/mol. The van der Waals surface area contributed by atoms with Crippen molar-refractivity contribution in [2.75, 3.05) is 24.3 Å². The molecule has 0 bridgehead atoms. The third-order valence-electron chi connectivity index (χ3n) is 5.72. The third-order valence-corrected chi connectivity index (χ3v) is 8.18. The van der Waals surface area contributed by atoms with Gasteiger partial charge in [-0.15, -0.1) is 11.8 Å². The van der Waals surface area contributed by atoms with Crippen molar-refractivity contribution in [1.82, 2.24) is 0 Å². The molecule has 0 aliphatic rings. The molecule has 7 nitrogen and oxygen atoms in total. The molecule has 0 aromatic heterocycles. The summed E-state index contributed by atoms with van der Waals surface area (Å²) < 4.78 is 38.7. The number of ether oxygens (including phenoxy) is 2. The number of amides is 1. The molecule has 0 aliphatic heterocycles. The van der Waals surface area contributed by atoms with Gasteiger partial charge in [0.15, 0.2) is 0 Å². The van der Waals surface area contributed by atoms with Crippen LogP contribution in [0.25, 0.3) is 0 Å². The third kappa shape index (κ3) is 6.87. The van der Waals surface area contributed by atoms with Gasteiger partial charge in [-0.1, -0.05) is 29.8 Å². The molecule has 4 rings (SSSR count). The molecule has 0 aliphatic carbocycles. The van der Waals surface area contributed by atoms with Crippen molar-refractivity contribution in [3.05, 3.63) is 108 Å². The van der Waals surface area contributed by atoms with Gasteiger partial charge in [0.1, 0.15) is 11.5 Å². The van der Waals surface area contributed by atoms with Gasteiger partial charge >= 0.3 is 0 Å². The maximum Gasteiger partial charge on any atom is 0.262 e. The van der Waals surface area contributed by atoms with Gasteiger partial charge in [-0.05, 0) is 73.2 Å². The Bertz CT molecular complexity index is 1500. The molecule has 0 saturated carbocycles. The van der Waals surface area contributed by atoms with E-state index in [9.17, 15) is 13.2 Å². The maximum absolute atomic E-state index is 12.9. The van der Waals surface area contributed by atoms with Crippen LogP contribution in [0, 0.1) is 6.92 Å². The minimum Gasteiger partial charge on any atom is -0.497 e. The smallest absolute Gasteiger partial charge is 0.262 e. The van der Waals surface area contributed by atoms with Gasteiger partial charge < -0.3 is 14.8 Å². The lowest BCUT2D eigenvalue weighted by Crippen LogP contribution is -2.14. The van der Waals surface area contributed by atoms with E-state index in [1.807, 2.05) is 12.1 Å². The summed E-state index contributed by atoms with van der Waals surface area (Å²) in [5.74, 6) is 1.40. The highest BCUT2D eigenvalue weighted by molar-refractivity contribution is 7.98. The zero-order chi connectivity index (χ0) is 27.1. The highest BCUT2D eigenvalue weighted by Gasteiger charge is 2.17. The van der Waals surface area contributed by atoms with Gasteiger partial charge in [0.05, 0.1) is 24.8 Å². The summed E-state index contributed by atoms with van der Waals surface area (Å²) in [7, 11) is -0.920. The Balaban J connectivity index is 1.36. The number of thioether (sulfide) groups is 1. The number of hydrogen-bond donors (Lipinski definition) is 2. The Morgan fingerprint density at radius 3 is 2.16 bits per heavy atom. The first-order valence-corrected chi connectivity index (χ1v) is 14.2. The molecular formula is C29H28N2O5S2. The van der Waals surface area contributed by atoms with Crippen LogP contribution in [0.4, 0.5) is 11.4 Å². The summed E-state index contributed by atoms with van der Waals surface area (Å²) in [5.41, 5.74) is 3.62. The number of anilines is 2. The standard InChI is InChI=1S/C29H28N2O5S2/c1-20-4-13-25(14-5-20)37-19-21-6-8-22(9-7-21)29(32)30-23-10-15-26(16-11-23)38(33,34)31-27-17-12-24(35-2)18-28(27)36-3/h4-18,31H,19H2,1-3H3,(H,30,32).